The number of hydrogen-bond acceptors (Lipinski definition) is 6. The molecule has 0 bridgehead atoms. The van der Waals surface area contributed by atoms with Crippen LogP contribution in [0.1, 0.15) is 42.5 Å². The Morgan fingerprint density at radius 1 is 1.17 bits per heavy atom. The Balaban J connectivity index is 1.35. The van der Waals surface area contributed by atoms with Gasteiger partial charge in [0, 0.05) is 0 Å². The lowest BCUT2D eigenvalue weighted by molar-refractivity contribution is -0.119. The molecule has 0 saturated carbocycles. The fourth-order valence-corrected chi connectivity index (χ4v) is 4.38. The number of tetrazole rings is 1. The molecule has 1 N–H and O–H groups in total. The molecule has 0 unspecified atom stereocenters. The second-order valence-corrected chi connectivity index (χ2v) is 8.33. The molecule has 4 rings (SSSR count). The Morgan fingerprint density at radius 3 is 2.70 bits per heavy atom. The predicted octanol–water partition coefficient (Wildman–Crippen LogP) is 3.52. The van der Waals surface area contributed by atoms with E-state index in [1.807, 2.05) is 31.2 Å². The van der Waals surface area contributed by atoms with Gasteiger partial charge in [-0.25, -0.2) is 0 Å². The van der Waals surface area contributed by atoms with Gasteiger partial charge in [0.2, 0.25) is 11.1 Å². The molecule has 0 aliphatic heterocycles. The summed E-state index contributed by atoms with van der Waals surface area (Å²) in [7, 11) is 1.62. The predicted molar refractivity (Wildman–Crippen MR) is 116 cm³/mol. The van der Waals surface area contributed by atoms with Gasteiger partial charge in [0.1, 0.15) is 5.75 Å². The number of rotatable bonds is 7. The van der Waals surface area contributed by atoms with Crippen molar-refractivity contribution in [2.45, 2.75) is 43.8 Å². The molecule has 0 saturated heterocycles. The van der Waals surface area contributed by atoms with Gasteiger partial charge in [0.15, 0.2) is 0 Å². The van der Waals surface area contributed by atoms with Gasteiger partial charge in [-0.15, -0.1) is 5.10 Å². The zero-order valence-corrected chi connectivity index (χ0v) is 18.0. The maximum absolute atomic E-state index is 12.5. The number of nitrogens with one attached hydrogen (secondary N) is 1. The number of fused-ring (bicyclic) bond motifs is 1. The van der Waals surface area contributed by atoms with Crippen molar-refractivity contribution in [2.75, 3.05) is 12.9 Å². The molecular formula is C22H25N5O2S. The van der Waals surface area contributed by atoms with Gasteiger partial charge in [0.05, 0.1) is 24.6 Å². The Kier molecular flexibility index (Phi) is 6.32. The van der Waals surface area contributed by atoms with E-state index in [-0.39, 0.29) is 17.7 Å². The summed E-state index contributed by atoms with van der Waals surface area (Å²) in [5, 5.41) is 15.5. The van der Waals surface area contributed by atoms with E-state index in [1.54, 1.807) is 11.8 Å². The summed E-state index contributed by atoms with van der Waals surface area (Å²) in [6.45, 7) is 2.02. The van der Waals surface area contributed by atoms with Crippen molar-refractivity contribution >= 4 is 17.7 Å². The zero-order valence-electron chi connectivity index (χ0n) is 17.2. The number of ether oxygens (including phenoxy) is 1. The topological polar surface area (TPSA) is 81.9 Å². The molecule has 3 aromatic rings. The standard InChI is InChI=1S/C22H25N5O2S/c1-15(17-8-7-16-5-3-4-6-18(16)13-17)23-21(28)14-30-22-24-25-26-27(22)19-9-11-20(29-2)12-10-19/h7-13,15H,3-6,14H2,1-2H3,(H,23,28)/t15-/m0/s1. The number of aryl methyl sites for hydroxylation is 2. The largest absolute Gasteiger partial charge is 0.497 e. The lowest BCUT2D eigenvalue weighted by Gasteiger charge is -2.20. The highest BCUT2D eigenvalue weighted by Gasteiger charge is 2.16. The minimum absolute atomic E-state index is 0.0390. The van der Waals surface area contributed by atoms with Crippen LogP contribution in [0.2, 0.25) is 0 Å². The second-order valence-electron chi connectivity index (χ2n) is 7.38. The van der Waals surface area contributed by atoms with Crippen LogP contribution >= 0.6 is 11.8 Å². The molecule has 8 heteroatoms. The van der Waals surface area contributed by atoms with Crippen LogP contribution in [-0.4, -0.2) is 39.0 Å². The van der Waals surface area contributed by atoms with Crippen molar-refractivity contribution in [2.24, 2.45) is 0 Å². The first-order valence-corrected chi connectivity index (χ1v) is 11.1. The third-order valence-electron chi connectivity index (χ3n) is 5.34. The molecule has 0 radical (unpaired) electrons. The number of thioether (sulfide) groups is 1. The summed E-state index contributed by atoms with van der Waals surface area (Å²) in [6.07, 6.45) is 4.81. The van der Waals surface area contributed by atoms with Crippen LogP contribution in [0.3, 0.4) is 0 Å². The van der Waals surface area contributed by atoms with Gasteiger partial charge < -0.3 is 10.1 Å². The van der Waals surface area contributed by atoms with E-state index in [9.17, 15) is 4.79 Å². The Hall–Kier alpha value is -2.87. The van der Waals surface area contributed by atoms with Crippen molar-refractivity contribution in [3.05, 3.63) is 59.2 Å². The SMILES string of the molecule is COc1ccc(-n2nnnc2SCC(=O)N[C@@H](C)c2ccc3c(c2)CCCC3)cc1. The molecule has 1 atom stereocenters. The van der Waals surface area contributed by atoms with Gasteiger partial charge in [-0.3, -0.25) is 4.79 Å². The summed E-state index contributed by atoms with van der Waals surface area (Å²) >= 11 is 1.31. The molecule has 0 fully saturated rings. The van der Waals surface area contributed by atoms with E-state index in [2.05, 4.69) is 39.0 Å². The van der Waals surface area contributed by atoms with Crippen LogP contribution in [0.4, 0.5) is 0 Å². The van der Waals surface area contributed by atoms with Crippen molar-refractivity contribution in [3.8, 4) is 11.4 Å². The van der Waals surface area contributed by atoms with E-state index in [0.29, 0.717) is 5.16 Å². The molecule has 1 aromatic heterocycles. The van der Waals surface area contributed by atoms with Gasteiger partial charge in [0.25, 0.3) is 0 Å². The number of methoxy groups -OCH3 is 1. The van der Waals surface area contributed by atoms with Crippen LogP contribution < -0.4 is 10.1 Å². The van der Waals surface area contributed by atoms with Gasteiger partial charge in [-0.1, -0.05) is 30.0 Å². The van der Waals surface area contributed by atoms with E-state index >= 15 is 0 Å². The summed E-state index contributed by atoms with van der Waals surface area (Å²) in [6, 6.07) is 14.0. The number of hydrogen-bond donors (Lipinski definition) is 1. The second kappa shape index (κ2) is 9.30. The van der Waals surface area contributed by atoms with Crippen LogP contribution in [0, 0.1) is 0 Å². The minimum atomic E-state index is -0.0468. The van der Waals surface area contributed by atoms with Crippen LogP contribution in [0.25, 0.3) is 5.69 Å². The fourth-order valence-electron chi connectivity index (χ4n) is 3.67. The fraction of sp³-hybridized carbons (Fsp3) is 0.364. The molecule has 156 valence electrons. The summed E-state index contributed by atoms with van der Waals surface area (Å²) < 4.78 is 6.80. The van der Waals surface area contributed by atoms with E-state index in [1.165, 1.54) is 35.7 Å². The number of amides is 1. The van der Waals surface area contributed by atoms with E-state index in [4.69, 9.17) is 4.74 Å². The van der Waals surface area contributed by atoms with E-state index < -0.39 is 0 Å². The molecule has 1 aliphatic rings. The van der Waals surface area contributed by atoms with Crippen molar-refractivity contribution in [1.82, 2.24) is 25.5 Å². The van der Waals surface area contributed by atoms with Crippen molar-refractivity contribution in [3.63, 3.8) is 0 Å². The average Bonchev–Trinajstić information content (AvgIpc) is 3.26. The summed E-state index contributed by atoms with van der Waals surface area (Å²) in [5.74, 6) is 0.956. The van der Waals surface area contributed by atoms with Gasteiger partial charge >= 0.3 is 0 Å². The maximum atomic E-state index is 12.5. The average molecular weight is 424 g/mol. The molecule has 1 amide bonds. The van der Waals surface area contributed by atoms with Crippen LogP contribution in [0.15, 0.2) is 47.6 Å². The van der Waals surface area contributed by atoms with Crippen LogP contribution in [-0.2, 0) is 17.6 Å². The lowest BCUT2D eigenvalue weighted by atomic mass is 9.89. The van der Waals surface area contributed by atoms with E-state index in [0.717, 1.165) is 29.8 Å². The Morgan fingerprint density at radius 2 is 1.93 bits per heavy atom. The third kappa shape index (κ3) is 4.64. The third-order valence-corrected chi connectivity index (χ3v) is 6.26. The monoisotopic (exact) mass is 423 g/mol. The van der Waals surface area contributed by atoms with Gasteiger partial charge in [-0.05, 0) is 84.0 Å². The van der Waals surface area contributed by atoms with Gasteiger partial charge in [-0.2, -0.15) is 4.68 Å². The number of carbonyl (C=O) groups is 1. The molecule has 1 heterocycles. The van der Waals surface area contributed by atoms with Crippen molar-refractivity contribution in [1.29, 1.82) is 0 Å². The number of benzene rings is 2. The number of carbonyl (C=O) groups excluding carboxylic acids is 1. The lowest BCUT2D eigenvalue weighted by Crippen LogP contribution is -2.28. The molecule has 30 heavy (non-hydrogen) atoms. The molecular weight excluding hydrogens is 398 g/mol. The minimum Gasteiger partial charge on any atom is -0.497 e. The zero-order chi connectivity index (χ0) is 20.9. The van der Waals surface area contributed by atoms with Crippen molar-refractivity contribution < 1.29 is 9.53 Å². The Labute approximate surface area is 180 Å². The highest BCUT2D eigenvalue weighted by molar-refractivity contribution is 7.99. The summed E-state index contributed by atoms with van der Waals surface area (Å²) in [4.78, 5) is 12.5. The number of nitrogens with zero attached hydrogens (tertiary/aromatic N) is 4. The highest BCUT2D eigenvalue weighted by atomic mass is 32.2. The molecule has 0 spiro atoms. The first-order valence-electron chi connectivity index (χ1n) is 10.1. The summed E-state index contributed by atoms with van der Waals surface area (Å²) in [5.41, 5.74) is 4.83. The first kappa shape index (κ1) is 20.4. The number of aromatic nitrogens is 4. The normalized spacial score (nSPS) is 14.1. The first-order chi connectivity index (χ1) is 14.6. The quantitative estimate of drug-likeness (QED) is 0.586. The highest BCUT2D eigenvalue weighted by Crippen LogP contribution is 2.25. The smallest absolute Gasteiger partial charge is 0.230 e. The molecule has 2 aromatic carbocycles. The van der Waals surface area contributed by atoms with Crippen LogP contribution in [0.5, 0.6) is 5.75 Å². The maximum Gasteiger partial charge on any atom is 0.230 e. The molecule has 7 nitrogen and oxygen atoms in total. The Bertz CT molecular complexity index is 1020. The molecule has 1 aliphatic carbocycles.